The van der Waals surface area contributed by atoms with Crippen LogP contribution in [0.5, 0.6) is 5.75 Å². The SMILES string of the molecule is C=CCOC(=O)c1sc(N2C(=O)C(=O)/C(=C(/O)c3ccc(OC)cc3C)[C@@H]2c2cccc([N+](=O)[O-])c2)nc1C. The molecule has 0 spiro atoms. The summed E-state index contributed by atoms with van der Waals surface area (Å²) in [6.45, 7) is 6.71. The summed E-state index contributed by atoms with van der Waals surface area (Å²) in [6.07, 6.45) is 1.40. The second-order valence-electron chi connectivity index (χ2n) is 8.50. The van der Waals surface area contributed by atoms with Gasteiger partial charge in [-0.3, -0.25) is 24.6 Å². The summed E-state index contributed by atoms with van der Waals surface area (Å²) in [7, 11) is 1.49. The van der Waals surface area contributed by atoms with Crippen molar-refractivity contribution in [1.82, 2.24) is 4.98 Å². The van der Waals surface area contributed by atoms with Gasteiger partial charge in [0, 0.05) is 17.7 Å². The summed E-state index contributed by atoms with van der Waals surface area (Å²) in [5.74, 6) is -2.66. The van der Waals surface area contributed by atoms with Gasteiger partial charge in [-0.05, 0) is 43.2 Å². The minimum atomic E-state index is -1.27. The number of esters is 1. The third kappa shape index (κ3) is 5.01. The summed E-state index contributed by atoms with van der Waals surface area (Å²) >= 11 is 0.826. The Morgan fingerprint density at radius 1 is 1.26 bits per heavy atom. The summed E-state index contributed by atoms with van der Waals surface area (Å²) in [5.41, 5.74) is 0.732. The Bertz CT molecular complexity index is 1560. The number of nitro benzene ring substituents is 1. The van der Waals surface area contributed by atoms with Gasteiger partial charge in [-0.2, -0.15) is 0 Å². The lowest BCUT2D eigenvalue weighted by Gasteiger charge is -2.23. The van der Waals surface area contributed by atoms with Crippen molar-refractivity contribution >= 4 is 45.6 Å². The highest BCUT2D eigenvalue weighted by atomic mass is 32.1. The van der Waals surface area contributed by atoms with Gasteiger partial charge in [0.15, 0.2) is 5.13 Å². The maximum atomic E-state index is 13.4. The molecule has 12 heteroatoms. The Kier molecular flexibility index (Phi) is 7.58. The van der Waals surface area contributed by atoms with Crippen molar-refractivity contribution in [3.63, 3.8) is 0 Å². The van der Waals surface area contributed by atoms with Crippen molar-refractivity contribution in [3.8, 4) is 5.75 Å². The smallest absolute Gasteiger partial charge is 0.350 e. The van der Waals surface area contributed by atoms with E-state index in [1.54, 1.807) is 32.0 Å². The molecule has 1 saturated heterocycles. The molecule has 1 aliphatic rings. The van der Waals surface area contributed by atoms with Gasteiger partial charge in [-0.25, -0.2) is 9.78 Å². The van der Waals surface area contributed by atoms with Gasteiger partial charge in [0.1, 0.15) is 23.0 Å². The highest BCUT2D eigenvalue weighted by molar-refractivity contribution is 7.17. The number of hydrogen-bond acceptors (Lipinski definition) is 10. The van der Waals surface area contributed by atoms with Gasteiger partial charge < -0.3 is 14.6 Å². The Labute approximate surface area is 226 Å². The number of aliphatic hydroxyl groups is 1. The molecule has 3 aromatic rings. The number of Topliss-reactive ketones (excluding diaryl/α,β-unsaturated/α-hetero) is 1. The first-order chi connectivity index (χ1) is 18.6. The molecule has 1 aliphatic heterocycles. The first-order valence-corrected chi connectivity index (χ1v) is 12.4. The Hall–Kier alpha value is -4.84. The first-order valence-electron chi connectivity index (χ1n) is 11.5. The van der Waals surface area contributed by atoms with Crippen molar-refractivity contribution in [2.24, 2.45) is 0 Å². The molecule has 4 rings (SSSR count). The molecular weight excluding hydrogens is 526 g/mol. The van der Waals surface area contributed by atoms with E-state index in [9.17, 15) is 29.6 Å². The molecule has 0 saturated carbocycles. The van der Waals surface area contributed by atoms with E-state index in [2.05, 4.69) is 11.6 Å². The molecule has 0 radical (unpaired) electrons. The molecule has 1 aromatic heterocycles. The van der Waals surface area contributed by atoms with E-state index >= 15 is 0 Å². The topological polar surface area (TPSA) is 149 Å². The predicted molar refractivity (Wildman–Crippen MR) is 143 cm³/mol. The first kappa shape index (κ1) is 27.2. The lowest BCUT2D eigenvalue weighted by atomic mass is 9.93. The zero-order chi connectivity index (χ0) is 28.4. The maximum Gasteiger partial charge on any atom is 0.350 e. The monoisotopic (exact) mass is 549 g/mol. The van der Waals surface area contributed by atoms with Crippen LogP contribution in [0.1, 0.15) is 38.1 Å². The molecule has 200 valence electrons. The van der Waals surface area contributed by atoms with Crippen LogP contribution in [0.15, 0.2) is 60.7 Å². The number of anilines is 1. The number of benzene rings is 2. The quantitative estimate of drug-likeness (QED) is 0.0806. The van der Waals surface area contributed by atoms with Gasteiger partial charge in [-0.1, -0.05) is 36.1 Å². The fraction of sp³-hybridized carbons (Fsp3) is 0.185. The van der Waals surface area contributed by atoms with Crippen molar-refractivity contribution in [1.29, 1.82) is 0 Å². The van der Waals surface area contributed by atoms with Crippen LogP contribution in [0.3, 0.4) is 0 Å². The van der Waals surface area contributed by atoms with Crippen LogP contribution in [-0.2, 0) is 14.3 Å². The van der Waals surface area contributed by atoms with E-state index in [1.165, 1.54) is 37.5 Å². The Balaban J connectivity index is 1.94. The van der Waals surface area contributed by atoms with Crippen LogP contribution in [0.25, 0.3) is 5.76 Å². The van der Waals surface area contributed by atoms with Crippen LogP contribution in [-0.4, -0.2) is 46.4 Å². The number of thiazole rings is 1. The van der Waals surface area contributed by atoms with Crippen molar-refractivity contribution in [3.05, 3.63) is 98.1 Å². The number of non-ortho nitro benzene ring substituents is 1. The number of carbonyl (C=O) groups is 3. The van der Waals surface area contributed by atoms with Gasteiger partial charge in [0.05, 0.1) is 29.3 Å². The number of nitro groups is 1. The molecule has 0 bridgehead atoms. The third-order valence-corrected chi connectivity index (χ3v) is 7.18. The minimum Gasteiger partial charge on any atom is -0.507 e. The number of aliphatic hydroxyl groups excluding tert-OH is 1. The Morgan fingerprint density at radius 3 is 2.64 bits per heavy atom. The molecular formula is C27H23N3O8S. The van der Waals surface area contributed by atoms with Crippen molar-refractivity contribution in [2.45, 2.75) is 19.9 Å². The number of carbonyl (C=O) groups excluding carboxylic acids is 3. The fourth-order valence-electron chi connectivity index (χ4n) is 4.20. The van der Waals surface area contributed by atoms with Gasteiger partial charge in [0.2, 0.25) is 0 Å². The van der Waals surface area contributed by atoms with Crippen LogP contribution >= 0.6 is 11.3 Å². The molecule has 0 aliphatic carbocycles. The predicted octanol–water partition coefficient (Wildman–Crippen LogP) is 4.65. The third-order valence-electron chi connectivity index (χ3n) is 6.04. The number of aryl methyl sites for hydroxylation is 2. The molecule has 0 unspecified atom stereocenters. The average Bonchev–Trinajstić information content (AvgIpc) is 3.43. The number of rotatable bonds is 8. The van der Waals surface area contributed by atoms with Crippen molar-refractivity contribution < 1.29 is 33.9 Å². The van der Waals surface area contributed by atoms with E-state index in [0.717, 1.165) is 16.2 Å². The number of methoxy groups -OCH3 is 1. The highest BCUT2D eigenvalue weighted by Gasteiger charge is 2.49. The number of amides is 1. The van der Waals surface area contributed by atoms with E-state index in [4.69, 9.17) is 9.47 Å². The van der Waals surface area contributed by atoms with Crippen LogP contribution < -0.4 is 9.64 Å². The van der Waals surface area contributed by atoms with Crippen molar-refractivity contribution in [2.75, 3.05) is 18.6 Å². The highest BCUT2D eigenvalue weighted by Crippen LogP contribution is 2.45. The zero-order valence-corrected chi connectivity index (χ0v) is 22.0. The molecule has 1 atom stereocenters. The normalized spacial score (nSPS) is 16.3. The molecule has 1 fully saturated rings. The van der Waals surface area contributed by atoms with E-state index < -0.39 is 34.4 Å². The second-order valence-corrected chi connectivity index (χ2v) is 9.48. The lowest BCUT2D eigenvalue weighted by Crippen LogP contribution is -2.29. The molecule has 2 aromatic carbocycles. The average molecular weight is 550 g/mol. The van der Waals surface area contributed by atoms with Gasteiger partial charge in [0.25, 0.3) is 11.5 Å². The Morgan fingerprint density at radius 2 is 2.00 bits per heavy atom. The molecule has 2 heterocycles. The summed E-state index contributed by atoms with van der Waals surface area (Å²) in [5, 5.41) is 22.9. The summed E-state index contributed by atoms with van der Waals surface area (Å²) in [4.78, 5) is 55.7. The second kappa shape index (κ2) is 10.9. The van der Waals surface area contributed by atoms with E-state index in [-0.39, 0.29) is 44.7 Å². The molecule has 39 heavy (non-hydrogen) atoms. The maximum absolute atomic E-state index is 13.4. The van der Waals surface area contributed by atoms with Crippen LogP contribution in [0.4, 0.5) is 10.8 Å². The summed E-state index contributed by atoms with van der Waals surface area (Å²) < 4.78 is 10.3. The van der Waals surface area contributed by atoms with E-state index in [1.807, 2.05) is 0 Å². The number of nitrogens with zero attached hydrogens (tertiary/aromatic N) is 3. The number of ether oxygens (including phenoxy) is 2. The lowest BCUT2D eigenvalue weighted by molar-refractivity contribution is -0.384. The van der Waals surface area contributed by atoms with Gasteiger partial charge in [-0.15, -0.1) is 0 Å². The zero-order valence-electron chi connectivity index (χ0n) is 21.2. The summed E-state index contributed by atoms with van der Waals surface area (Å²) in [6, 6.07) is 8.92. The largest absolute Gasteiger partial charge is 0.507 e. The number of ketones is 1. The molecule has 11 nitrogen and oxygen atoms in total. The number of hydrogen-bond donors (Lipinski definition) is 1. The van der Waals surface area contributed by atoms with Gasteiger partial charge >= 0.3 is 11.9 Å². The number of aromatic nitrogens is 1. The van der Waals surface area contributed by atoms with Crippen LogP contribution in [0.2, 0.25) is 0 Å². The standard InChI is InChI=1S/C27H23N3O8S/c1-5-11-38-26(34)24-15(3)28-27(39-24)29-21(16-7-6-8-17(13-16)30(35)36)20(23(32)25(29)33)22(31)19-10-9-18(37-4)12-14(19)2/h5-10,12-13,21,31H,1,11H2,2-4H3/b22-20+/t21-/m0/s1. The van der Waals surface area contributed by atoms with Crippen LogP contribution in [0, 0.1) is 24.0 Å². The fourth-order valence-corrected chi connectivity index (χ4v) is 5.19. The molecule has 1 N–H and O–H groups in total. The molecule has 1 amide bonds. The van der Waals surface area contributed by atoms with E-state index in [0.29, 0.717) is 11.3 Å². The minimum absolute atomic E-state index is 0.0119.